The zero-order valence-electron chi connectivity index (χ0n) is 18.4. The molecule has 1 saturated heterocycles. The second kappa shape index (κ2) is 9.19. The van der Waals surface area contributed by atoms with E-state index in [4.69, 9.17) is 5.11 Å². The largest absolute Gasteiger partial charge is 0.389 e. The molecule has 164 valence electrons. The van der Waals surface area contributed by atoms with Crippen molar-refractivity contribution in [2.75, 3.05) is 24.6 Å². The first-order chi connectivity index (χ1) is 14.5. The summed E-state index contributed by atoms with van der Waals surface area (Å²) >= 11 is 0. The molecule has 1 aliphatic carbocycles. The summed E-state index contributed by atoms with van der Waals surface area (Å²) in [6.45, 7) is 6.30. The van der Waals surface area contributed by atoms with Crippen LogP contribution in [0.1, 0.15) is 70.3 Å². The smallest absolute Gasteiger partial charge is 0.235 e. The Kier molecular flexibility index (Phi) is 6.59. The molecule has 0 radical (unpaired) electrons. The van der Waals surface area contributed by atoms with E-state index >= 15 is 0 Å². The third kappa shape index (κ3) is 4.19. The number of likely N-dealkylation sites (tertiary alicyclic amines) is 1. The lowest BCUT2D eigenvalue weighted by atomic mass is 9.79. The predicted octanol–water partition coefficient (Wildman–Crippen LogP) is 3.75. The molecule has 1 N–H and O–H groups in total. The molecule has 30 heavy (non-hydrogen) atoms. The van der Waals surface area contributed by atoms with Crippen LogP contribution in [0.5, 0.6) is 0 Å². The van der Waals surface area contributed by atoms with Crippen LogP contribution in [0.25, 0.3) is 0 Å². The van der Waals surface area contributed by atoms with E-state index in [2.05, 4.69) is 18.7 Å². The first kappa shape index (κ1) is 21.5. The van der Waals surface area contributed by atoms with Crippen molar-refractivity contribution in [1.82, 2.24) is 4.90 Å². The van der Waals surface area contributed by atoms with Crippen molar-refractivity contribution in [3.63, 3.8) is 0 Å². The molecule has 0 bridgehead atoms. The van der Waals surface area contributed by atoms with Gasteiger partial charge in [-0.2, -0.15) is 0 Å². The minimum Gasteiger partial charge on any atom is -0.389 e. The number of aliphatic hydroxyl groups is 1. The molecule has 2 fully saturated rings. The number of carbonyl (C=O) groups is 2. The topological polar surface area (TPSA) is 60.9 Å². The zero-order chi connectivity index (χ0) is 21.3. The van der Waals surface area contributed by atoms with Gasteiger partial charge in [0.05, 0.1) is 5.92 Å². The van der Waals surface area contributed by atoms with E-state index in [1.807, 2.05) is 29.2 Å². The van der Waals surface area contributed by atoms with Gasteiger partial charge in [-0.15, -0.1) is 0 Å². The quantitative estimate of drug-likeness (QED) is 0.773. The zero-order valence-corrected chi connectivity index (χ0v) is 18.4. The van der Waals surface area contributed by atoms with Crippen LogP contribution < -0.4 is 4.90 Å². The lowest BCUT2D eigenvalue weighted by Gasteiger charge is -2.43. The summed E-state index contributed by atoms with van der Waals surface area (Å²) in [5.41, 5.74) is 1.91. The number of piperidine rings is 1. The molecule has 0 aromatic heterocycles. The molecule has 1 aromatic carbocycles. The fourth-order valence-electron chi connectivity index (χ4n) is 5.93. The lowest BCUT2D eigenvalue weighted by molar-refractivity contribution is -0.126. The van der Waals surface area contributed by atoms with Gasteiger partial charge in [-0.3, -0.25) is 9.59 Å². The van der Waals surface area contributed by atoms with E-state index in [0.29, 0.717) is 6.04 Å². The van der Waals surface area contributed by atoms with Crippen molar-refractivity contribution < 1.29 is 14.7 Å². The maximum absolute atomic E-state index is 13.3. The Balaban J connectivity index is 1.40. The number of benzene rings is 1. The number of nitrogens with zero attached hydrogens (tertiary/aromatic N) is 2. The number of para-hydroxylation sites is 1. The number of hydrogen-bond acceptors (Lipinski definition) is 4. The summed E-state index contributed by atoms with van der Waals surface area (Å²) in [7, 11) is 0. The Morgan fingerprint density at radius 1 is 1.03 bits per heavy atom. The third-order valence-corrected chi connectivity index (χ3v) is 7.78. The second-order valence-electron chi connectivity index (χ2n) is 9.80. The predicted molar refractivity (Wildman–Crippen MR) is 119 cm³/mol. The van der Waals surface area contributed by atoms with Gasteiger partial charge in [0, 0.05) is 37.3 Å². The Bertz CT molecular complexity index is 761. The average Bonchev–Trinajstić information content (AvgIpc) is 3.05. The normalized spacial score (nSPS) is 28.2. The van der Waals surface area contributed by atoms with Gasteiger partial charge in [0.2, 0.25) is 5.91 Å². The van der Waals surface area contributed by atoms with E-state index in [9.17, 15) is 9.59 Å². The first-order valence-corrected chi connectivity index (χ1v) is 11.8. The number of ketones is 1. The summed E-state index contributed by atoms with van der Waals surface area (Å²) in [6, 6.07) is 8.79. The van der Waals surface area contributed by atoms with Crippen LogP contribution in [0.15, 0.2) is 24.3 Å². The van der Waals surface area contributed by atoms with Crippen molar-refractivity contribution in [2.45, 2.75) is 76.8 Å². The molecule has 1 amide bonds. The highest BCUT2D eigenvalue weighted by Gasteiger charge is 2.42. The number of rotatable bonds is 6. The molecule has 2 heterocycles. The van der Waals surface area contributed by atoms with Gasteiger partial charge in [-0.05, 0) is 62.0 Å². The summed E-state index contributed by atoms with van der Waals surface area (Å²) in [6.07, 6.45) is 7.40. The third-order valence-electron chi connectivity index (χ3n) is 7.78. The molecule has 2 aliphatic heterocycles. The van der Waals surface area contributed by atoms with Crippen LogP contribution in [0.3, 0.4) is 0 Å². The average molecular weight is 413 g/mol. The Morgan fingerprint density at radius 3 is 2.33 bits per heavy atom. The van der Waals surface area contributed by atoms with E-state index in [1.54, 1.807) is 0 Å². The summed E-state index contributed by atoms with van der Waals surface area (Å²) < 4.78 is 0. The number of anilines is 1. The second-order valence-corrected chi connectivity index (χ2v) is 9.80. The van der Waals surface area contributed by atoms with Crippen molar-refractivity contribution >= 4 is 17.4 Å². The highest BCUT2D eigenvalue weighted by atomic mass is 16.3. The molecule has 1 unspecified atom stereocenters. The van der Waals surface area contributed by atoms with Gasteiger partial charge in [0.15, 0.2) is 5.78 Å². The summed E-state index contributed by atoms with van der Waals surface area (Å²) in [5, 5.41) is 9.16. The summed E-state index contributed by atoms with van der Waals surface area (Å²) in [4.78, 5) is 29.8. The summed E-state index contributed by atoms with van der Waals surface area (Å²) in [5.74, 6) is 1.01. The van der Waals surface area contributed by atoms with Crippen molar-refractivity contribution in [3.8, 4) is 0 Å². The number of fused-ring (bicyclic) bond motifs is 1. The van der Waals surface area contributed by atoms with Gasteiger partial charge in [-0.1, -0.05) is 32.0 Å². The van der Waals surface area contributed by atoms with E-state index in [0.717, 1.165) is 49.0 Å². The molecule has 4 rings (SSSR count). The highest BCUT2D eigenvalue weighted by Crippen LogP contribution is 2.42. The van der Waals surface area contributed by atoms with Gasteiger partial charge in [0.1, 0.15) is 6.61 Å². The van der Waals surface area contributed by atoms with Crippen LogP contribution in [0, 0.1) is 11.8 Å². The van der Waals surface area contributed by atoms with Gasteiger partial charge < -0.3 is 14.9 Å². The Labute approximate surface area is 180 Å². The van der Waals surface area contributed by atoms with Crippen LogP contribution in [0.2, 0.25) is 0 Å². The minimum absolute atomic E-state index is 0.0360. The Morgan fingerprint density at radius 2 is 1.70 bits per heavy atom. The van der Waals surface area contributed by atoms with E-state index in [1.165, 1.54) is 25.7 Å². The molecular weight excluding hydrogens is 376 g/mol. The molecule has 0 spiro atoms. The lowest BCUT2D eigenvalue weighted by Crippen LogP contribution is -2.50. The molecule has 3 aliphatic rings. The maximum atomic E-state index is 13.3. The molecule has 1 atom stereocenters. The molecule has 1 saturated carbocycles. The Hall–Kier alpha value is -1.72. The highest BCUT2D eigenvalue weighted by molar-refractivity contribution is 6.07. The van der Waals surface area contributed by atoms with Gasteiger partial charge >= 0.3 is 0 Å². The number of hydrogen-bond donors (Lipinski definition) is 1. The van der Waals surface area contributed by atoms with Crippen LogP contribution in [-0.4, -0.2) is 53.5 Å². The SMILES string of the molecule is CC(C)C1CCC(N2CCC(N3C(=O)C(CC(=O)CO)c4ccccc43)CC2)CC1. The fraction of sp³-hybridized carbons (Fsp3) is 0.680. The fourth-order valence-corrected chi connectivity index (χ4v) is 5.93. The van der Waals surface area contributed by atoms with E-state index < -0.39 is 12.5 Å². The molecule has 1 aromatic rings. The minimum atomic E-state index is -0.497. The van der Waals surface area contributed by atoms with E-state index in [-0.39, 0.29) is 24.2 Å². The monoisotopic (exact) mass is 412 g/mol. The van der Waals surface area contributed by atoms with Crippen LogP contribution in [0.4, 0.5) is 5.69 Å². The number of carbonyl (C=O) groups excluding carboxylic acids is 2. The van der Waals surface area contributed by atoms with Crippen molar-refractivity contribution in [2.24, 2.45) is 11.8 Å². The maximum Gasteiger partial charge on any atom is 0.235 e. The molecule has 5 heteroatoms. The standard InChI is InChI=1S/C25H36N2O3/c1-17(2)18-7-9-19(10-8-18)26-13-11-20(12-14-26)27-24-6-4-3-5-22(24)23(25(27)30)15-21(29)16-28/h3-6,17-20,23,28H,7-16H2,1-2H3. The van der Waals surface area contributed by atoms with Crippen molar-refractivity contribution in [1.29, 1.82) is 0 Å². The number of Topliss-reactive ketones (excluding diaryl/α,β-unsaturated/α-hetero) is 1. The van der Waals surface area contributed by atoms with Crippen molar-refractivity contribution in [3.05, 3.63) is 29.8 Å². The first-order valence-electron chi connectivity index (χ1n) is 11.8. The number of aliphatic hydroxyl groups excluding tert-OH is 1. The molecular formula is C25H36N2O3. The number of amides is 1. The van der Waals surface area contributed by atoms with Crippen LogP contribution in [-0.2, 0) is 9.59 Å². The van der Waals surface area contributed by atoms with Gasteiger partial charge in [-0.25, -0.2) is 0 Å². The molecule has 5 nitrogen and oxygen atoms in total. The van der Waals surface area contributed by atoms with Crippen LogP contribution >= 0.6 is 0 Å². The van der Waals surface area contributed by atoms with Gasteiger partial charge in [0.25, 0.3) is 0 Å².